The van der Waals surface area contributed by atoms with Gasteiger partial charge in [0.15, 0.2) is 17.0 Å². The lowest BCUT2D eigenvalue weighted by Gasteiger charge is -2.31. The third-order valence-corrected chi connectivity index (χ3v) is 6.96. The number of aromatic hydroxyl groups is 1. The first-order valence-electron chi connectivity index (χ1n) is 11.2. The van der Waals surface area contributed by atoms with E-state index in [1.807, 2.05) is 30.3 Å². The highest BCUT2D eigenvalue weighted by molar-refractivity contribution is 6.09. The van der Waals surface area contributed by atoms with Crippen molar-refractivity contribution in [1.29, 1.82) is 0 Å². The van der Waals surface area contributed by atoms with E-state index in [9.17, 15) is 24.6 Å². The van der Waals surface area contributed by atoms with Gasteiger partial charge in [0.25, 0.3) is 0 Å². The molecule has 3 aromatic rings. The molecule has 2 aliphatic heterocycles. The molecule has 0 bridgehead atoms. The fourth-order valence-electron chi connectivity index (χ4n) is 5.35. The van der Waals surface area contributed by atoms with E-state index in [4.69, 9.17) is 4.74 Å². The predicted octanol–water partition coefficient (Wildman–Crippen LogP) is 2.83. The number of carbonyl (C=O) groups excluding carboxylic acids is 2. The monoisotopic (exact) mass is 472 g/mol. The number of benzene rings is 3. The van der Waals surface area contributed by atoms with Gasteiger partial charge >= 0.3 is 5.97 Å². The third-order valence-electron chi connectivity index (χ3n) is 6.96. The second kappa shape index (κ2) is 8.56. The number of phenolic OH excluding ortho intramolecular Hbond substituents is 1. The number of hydrogen-bond acceptors (Lipinski definition) is 6. The summed E-state index contributed by atoms with van der Waals surface area (Å²) in [6.07, 6.45) is 0. The minimum atomic E-state index is -1.82. The molecule has 0 saturated carbocycles. The summed E-state index contributed by atoms with van der Waals surface area (Å²) in [5.41, 5.74) is -0.125. The number of imide groups is 1. The van der Waals surface area contributed by atoms with Gasteiger partial charge < -0.3 is 14.9 Å². The molecular formula is C27H24N2O6. The summed E-state index contributed by atoms with van der Waals surface area (Å²) in [6.45, 7) is 0.0572. The zero-order valence-electron chi connectivity index (χ0n) is 18.9. The van der Waals surface area contributed by atoms with Crippen LogP contribution in [0.3, 0.4) is 0 Å². The third kappa shape index (κ3) is 3.45. The highest BCUT2D eigenvalue weighted by Gasteiger charge is 2.69. The van der Waals surface area contributed by atoms with Gasteiger partial charge in [0.05, 0.1) is 25.5 Å². The number of hydrogen-bond donors (Lipinski definition) is 3. The van der Waals surface area contributed by atoms with Crippen LogP contribution in [0.15, 0.2) is 78.9 Å². The van der Waals surface area contributed by atoms with Crippen LogP contribution in [0.1, 0.15) is 22.7 Å². The Bertz CT molecular complexity index is 1300. The van der Waals surface area contributed by atoms with Gasteiger partial charge in [0, 0.05) is 6.04 Å². The number of phenols is 1. The summed E-state index contributed by atoms with van der Waals surface area (Å²) < 4.78 is 5.23. The van der Waals surface area contributed by atoms with E-state index in [0.29, 0.717) is 11.1 Å². The molecule has 3 aromatic carbocycles. The molecule has 2 saturated heterocycles. The Morgan fingerprint density at radius 2 is 1.66 bits per heavy atom. The highest BCUT2D eigenvalue weighted by atomic mass is 16.5. The lowest BCUT2D eigenvalue weighted by molar-refractivity contribution is -0.152. The van der Waals surface area contributed by atoms with Crippen molar-refractivity contribution in [2.75, 3.05) is 7.11 Å². The van der Waals surface area contributed by atoms with Gasteiger partial charge in [-0.1, -0.05) is 66.7 Å². The fraction of sp³-hybridized carbons (Fsp3) is 0.222. The summed E-state index contributed by atoms with van der Waals surface area (Å²) in [5, 5.41) is 23.8. The van der Waals surface area contributed by atoms with E-state index in [-0.39, 0.29) is 18.0 Å². The van der Waals surface area contributed by atoms with Crippen LogP contribution in [0.4, 0.5) is 0 Å². The molecule has 35 heavy (non-hydrogen) atoms. The number of ether oxygens (including phenoxy) is 1. The van der Waals surface area contributed by atoms with E-state index in [1.165, 1.54) is 13.2 Å². The summed E-state index contributed by atoms with van der Waals surface area (Å²) in [6, 6.07) is 21.4. The topological polar surface area (TPSA) is 116 Å². The number of amides is 2. The molecular weight excluding hydrogens is 448 g/mol. The maximum Gasteiger partial charge on any atom is 0.329 e. The molecule has 3 N–H and O–H groups in total. The van der Waals surface area contributed by atoms with Crippen molar-refractivity contribution in [2.45, 2.75) is 18.1 Å². The van der Waals surface area contributed by atoms with Crippen LogP contribution in [0.25, 0.3) is 0 Å². The molecule has 0 aliphatic carbocycles. The number of rotatable bonds is 6. The van der Waals surface area contributed by atoms with Crippen LogP contribution in [-0.4, -0.2) is 40.0 Å². The largest absolute Gasteiger partial charge is 0.504 e. The van der Waals surface area contributed by atoms with Crippen LogP contribution >= 0.6 is 0 Å². The standard InChI is InChI=1S/C27H24N2O6/c1-35-20-14-17(12-13-19(20)30)23-21-22(27(28-23,26(33)34)18-10-6-3-7-11-18)25(32)29(24(21)31)15-16-8-4-2-5-9-16/h2-14,21-23,28,30H,15H2,1H3,(H,33,34). The zero-order chi connectivity index (χ0) is 24.7. The van der Waals surface area contributed by atoms with Crippen molar-refractivity contribution >= 4 is 17.8 Å². The number of carbonyl (C=O) groups is 3. The van der Waals surface area contributed by atoms with Gasteiger partial charge in [0.2, 0.25) is 11.8 Å². The summed E-state index contributed by atoms with van der Waals surface area (Å²) in [7, 11) is 1.40. The number of nitrogens with one attached hydrogen (secondary N) is 1. The Hall–Kier alpha value is -4.17. The first kappa shape index (κ1) is 22.6. The van der Waals surface area contributed by atoms with Crippen molar-refractivity contribution < 1.29 is 29.3 Å². The Kier molecular flexibility index (Phi) is 5.53. The number of nitrogens with zero attached hydrogens (tertiary/aromatic N) is 1. The lowest BCUT2D eigenvalue weighted by atomic mass is 9.75. The van der Waals surface area contributed by atoms with Crippen LogP contribution in [0.2, 0.25) is 0 Å². The lowest BCUT2D eigenvalue weighted by Crippen LogP contribution is -2.53. The fourth-order valence-corrected chi connectivity index (χ4v) is 5.35. The molecule has 0 aromatic heterocycles. The Balaban J connectivity index is 1.66. The maximum atomic E-state index is 13.8. The smallest absolute Gasteiger partial charge is 0.329 e. The molecule has 0 radical (unpaired) electrons. The van der Waals surface area contributed by atoms with Crippen LogP contribution in [-0.2, 0) is 26.5 Å². The molecule has 2 aliphatic rings. The molecule has 8 heteroatoms. The SMILES string of the molecule is COc1cc(C2NC(C(=O)O)(c3ccccc3)C3C(=O)N(Cc4ccccc4)C(=O)C23)ccc1O. The van der Waals surface area contributed by atoms with E-state index < -0.39 is 41.2 Å². The second-order valence-electron chi connectivity index (χ2n) is 8.78. The van der Waals surface area contributed by atoms with Crippen molar-refractivity contribution in [3.05, 3.63) is 95.6 Å². The van der Waals surface area contributed by atoms with Gasteiger partial charge in [-0.25, -0.2) is 4.79 Å². The van der Waals surface area contributed by atoms with Crippen molar-refractivity contribution in [2.24, 2.45) is 11.8 Å². The Morgan fingerprint density at radius 3 is 2.29 bits per heavy atom. The number of carboxylic acids is 1. The van der Waals surface area contributed by atoms with Crippen LogP contribution in [0, 0.1) is 11.8 Å². The van der Waals surface area contributed by atoms with Gasteiger partial charge in [-0.3, -0.25) is 19.8 Å². The molecule has 2 fully saturated rings. The first-order chi connectivity index (χ1) is 16.9. The van der Waals surface area contributed by atoms with Crippen LogP contribution in [0.5, 0.6) is 11.5 Å². The number of aliphatic carboxylic acids is 1. The van der Waals surface area contributed by atoms with Gasteiger partial charge in [-0.15, -0.1) is 0 Å². The van der Waals surface area contributed by atoms with E-state index >= 15 is 0 Å². The van der Waals surface area contributed by atoms with Crippen molar-refractivity contribution in [3.8, 4) is 11.5 Å². The minimum Gasteiger partial charge on any atom is -0.504 e. The number of carboxylic acid groups (broad SMARTS) is 1. The highest BCUT2D eigenvalue weighted by Crippen LogP contribution is 2.53. The minimum absolute atomic E-state index is 0.0572. The van der Waals surface area contributed by atoms with Gasteiger partial charge in [0.1, 0.15) is 0 Å². The zero-order valence-corrected chi connectivity index (χ0v) is 18.9. The Morgan fingerprint density at radius 1 is 1.00 bits per heavy atom. The average molecular weight is 472 g/mol. The van der Waals surface area contributed by atoms with Crippen molar-refractivity contribution in [1.82, 2.24) is 10.2 Å². The molecule has 0 spiro atoms. The molecule has 178 valence electrons. The molecule has 5 rings (SSSR count). The van der Waals surface area contributed by atoms with E-state index in [0.717, 1.165) is 10.5 Å². The van der Waals surface area contributed by atoms with Crippen LogP contribution < -0.4 is 10.1 Å². The normalized spacial score (nSPS) is 25.5. The number of methoxy groups -OCH3 is 1. The predicted molar refractivity (Wildman–Crippen MR) is 125 cm³/mol. The maximum absolute atomic E-state index is 13.8. The number of likely N-dealkylation sites (tertiary alicyclic amines) is 1. The van der Waals surface area contributed by atoms with E-state index in [2.05, 4.69) is 5.32 Å². The number of fused-ring (bicyclic) bond motifs is 1. The Labute approximate surface area is 201 Å². The van der Waals surface area contributed by atoms with Gasteiger partial charge in [-0.05, 0) is 28.8 Å². The molecule has 8 nitrogen and oxygen atoms in total. The molecule has 2 amide bonds. The quantitative estimate of drug-likeness (QED) is 0.473. The molecule has 4 atom stereocenters. The van der Waals surface area contributed by atoms with Crippen molar-refractivity contribution in [3.63, 3.8) is 0 Å². The molecule has 2 heterocycles. The second-order valence-corrected chi connectivity index (χ2v) is 8.78. The summed E-state index contributed by atoms with van der Waals surface area (Å²) in [5.74, 6) is -4.23. The summed E-state index contributed by atoms with van der Waals surface area (Å²) in [4.78, 5) is 41.6. The first-order valence-corrected chi connectivity index (χ1v) is 11.2. The summed E-state index contributed by atoms with van der Waals surface area (Å²) >= 11 is 0. The van der Waals surface area contributed by atoms with Gasteiger partial charge in [-0.2, -0.15) is 0 Å². The van der Waals surface area contributed by atoms with E-state index in [1.54, 1.807) is 42.5 Å². The molecule has 4 unspecified atom stereocenters. The average Bonchev–Trinajstić information content (AvgIpc) is 3.36.